The van der Waals surface area contributed by atoms with Crippen LogP contribution in [0, 0.1) is 6.92 Å². The predicted octanol–water partition coefficient (Wildman–Crippen LogP) is 4.26. The SMILES string of the molecule is Cc1cc(Cl)cc(C(=O)NC/C=N/O)c1NC(=O)c1cc(C(F)F)nn1-c1ncccc1Cl. The lowest BCUT2D eigenvalue weighted by molar-refractivity contribution is 0.0960. The fourth-order valence-electron chi connectivity index (χ4n) is 2.90. The van der Waals surface area contributed by atoms with Gasteiger partial charge in [0.1, 0.15) is 11.4 Å². The Morgan fingerprint density at radius 1 is 1.27 bits per heavy atom. The van der Waals surface area contributed by atoms with E-state index in [1.165, 1.54) is 30.5 Å². The molecule has 0 aliphatic heterocycles. The molecule has 13 heteroatoms. The van der Waals surface area contributed by atoms with E-state index in [0.717, 1.165) is 17.0 Å². The van der Waals surface area contributed by atoms with Gasteiger partial charge < -0.3 is 15.8 Å². The third kappa shape index (κ3) is 5.44. The van der Waals surface area contributed by atoms with Crippen LogP contribution in [0.3, 0.4) is 0 Å². The molecule has 9 nitrogen and oxygen atoms in total. The van der Waals surface area contributed by atoms with Crippen molar-refractivity contribution >= 4 is 46.9 Å². The zero-order valence-corrected chi connectivity index (χ0v) is 18.4. The van der Waals surface area contributed by atoms with Crippen LogP contribution in [0.5, 0.6) is 0 Å². The van der Waals surface area contributed by atoms with Gasteiger partial charge in [-0.1, -0.05) is 23.2 Å². The van der Waals surface area contributed by atoms with Crippen molar-refractivity contribution in [1.29, 1.82) is 0 Å². The van der Waals surface area contributed by atoms with Crippen LogP contribution >= 0.6 is 23.2 Å². The highest BCUT2D eigenvalue weighted by Crippen LogP contribution is 2.28. The fourth-order valence-corrected chi connectivity index (χ4v) is 3.38. The van der Waals surface area contributed by atoms with Gasteiger partial charge in [0.25, 0.3) is 18.2 Å². The zero-order chi connectivity index (χ0) is 24.1. The molecule has 2 amide bonds. The molecule has 2 heterocycles. The van der Waals surface area contributed by atoms with Crippen LogP contribution in [0.25, 0.3) is 5.82 Å². The van der Waals surface area contributed by atoms with Crippen molar-refractivity contribution in [3.63, 3.8) is 0 Å². The topological polar surface area (TPSA) is 121 Å². The highest BCUT2D eigenvalue weighted by atomic mass is 35.5. The molecule has 0 fully saturated rings. The number of halogens is 4. The Hall–Kier alpha value is -3.57. The molecule has 0 aliphatic rings. The monoisotopic (exact) mass is 496 g/mol. The number of oxime groups is 1. The number of pyridine rings is 1. The van der Waals surface area contributed by atoms with Gasteiger partial charge in [0, 0.05) is 11.2 Å². The van der Waals surface area contributed by atoms with E-state index in [2.05, 4.69) is 25.9 Å². The first kappa shape index (κ1) is 24.1. The van der Waals surface area contributed by atoms with Crippen molar-refractivity contribution in [1.82, 2.24) is 20.1 Å². The van der Waals surface area contributed by atoms with Gasteiger partial charge in [-0.25, -0.2) is 18.4 Å². The molecule has 2 aromatic heterocycles. The molecule has 0 spiro atoms. The number of alkyl halides is 2. The first-order chi connectivity index (χ1) is 15.7. The minimum absolute atomic E-state index is 0.00991. The summed E-state index contributed by atoms with van der Waals surface area (Å²) in [6.07, 6.45) is -0.532. The summed E-state index contributed by atoms with van der Waals surface area (Å²) in [6, 6.07) is 6.75. The number of benzene rings is 1. The van der Waals surface area contributed by atoms with E-state index in [4.69, 9.17) is 28.4 Å². The Morgan fingerprint density at radius 3 is 2.70 bits per heavy atom. The maximum Gasteiger partial charge on any atom is 0.282 e. The number of aromatic nitrogens is 3. The van der Waals surface area contributed by atoms with E-state index < -0.39 is 23.9 Å². The summed E-state index contributed by atoms with van der Waals surface area (Å²) in [7, 11) is 0. The van der Waals surface area contributed by atoms with Crippen LogP contribution in [0.2, 0.25) is 10.0 Å². The van der Waals surface area contributed by atoms with Gasteiger partial charge in [-0.15, -0.1) is 5.16 Å². The molecule has 0 bridgehead atoms. The molecule has 172 valence electrons. The van der Waals surface area contributed by atoms with Crippen molar-refractivity contribution < 1.29 is 23.6 Å². The van der Waals surface area contributed by atoms with Gasteiger partial charge in [0.2, 0.25) is 0 Å². The van der Waals surface area contributed by atoms with E-state index in [1.807, 2.05) is 0 Å². The number of carbonyl (C=O) groups is 2. The number of carbonyl (C=O) groups excluding carboxylic acids is 2. The molecule has 0 aliphatic carbocycles. The largest absolute Gasteiger partial charge is 0.411 e. The number of amides is 2. The minimum Gasteiger partial charge on any atom is -0.411 e. The lowest BCUT2D eigenvalue weighted by Crippen LogP contribution is -2.27. The Morgan fingerprint density at radius 2 is 2.03 bits per heavy atom. The third-order valence-electron chi connectivity index (χ3n) is 4.34. The van der Waals surface area contributed by atoms with Crippen molar-refractivity contribution in [2.45, 2.75) is 13.3 Å². The predicted molar refractivity (Wildman–Crippen MR) is 118 cm³/mol. The number of nitrogens with one attached hydrogen (secondary N) is 2. The second-order valence-electron chi connectivity index (χ2n) is 6.58. The van der Waals surface area contributed by atoms with Gasteiger partial charge in [0.15, 0.2) is 5.82 Å². The van der Waals surface area contributed by atoms with Gasteiger partial charge in [-0.05, 0) is 42.8 Å². The highest BCUT2D eigenvalue weighted by Gasteiger charge is 2.25. The first-order valence-corrected chi connectivity index (χ1v) is 10.0. The average Bonchev–Trinajstić information content (AvgIpc) is 3.21. The lowest BCUT2D eigenvalue weighted by Gasteiger charge is -2.15. The van der Waals surface area contributed by atoms with Crippen LogP contribution in [-0.4, -0.2) is 44.5 Å². The Kier molecular flexibility index (Phi) is 7.56. The Labute approximate surface area is 196 Å². The Bertz CT molecular complexity index is 1230. The molecule has 33 heavy (non-hydrogen) atoms. The van der Waals surface area contributed by atoms with Crippen molar-refractivity contribution in [2.24, 2.45) is 5.16 Å². The quantitative estimate of drug-likeness (QED) is 0.256. The third-order valence-corrected chi connectivity index (χ3v) is 4.86. The molecule has 0 radical (unpaired) electrons. The molecule has 3 N–H and O–H groups in total. The van der Waals surface area contributed by atoms with Crippen molar-refractivity contribution in [3.8, 4) is 5.82 Å². The van der Waals surface area contributed by atoms with E-state index in [9.17, 15) is 18.4 Å². The van der Waals surface area contributed by atoms with E-state index >= 15 is 0 Å². The Balaban J connectivity index is 2.03. The van der Waals surface area contributed by atoms with Crippen molar-refractivity contribution in [3.05, 3.63) is 69.1 Å². The molecule has 3 rings (SSSR count). The van der Waals surface area contributed by atoms with Gasteiger partial charge in [-0.2, -0.15) is 5.10 Å². The summed E-state index contributed by atoms with van der Waals surface area (Å²) in [5.74, 6) is -1.48. The summed E-state index contributed by atoms with van der Waals surface area (Å²) in [4.78, 5) is 29.7. The molecule has 0 atom stereocenters. The van der Waals surface area contributed by atoms with Gasteiger partial charge >= 0.3 is 0 Å². The molecule has 1 aromatic carbocycles. The summed E-state index contributed by atoms with van der Waals surface area (Å²) < 4.78 is 27.6. The normalized spacial score (nSPS) is 11.2. The van der Waals surface area contributed by atoms with Crippen molar-refractivity contribution in [2.75, 3.05) is 11.9 Å². The maximum atomic E-state index is 13.3. The smallest absolute Gasteiger partial charge is 0.282 e. The number of rotatable bonds is 7. The molecule has 0 saturated heterocycles. The molecule has 0 unspecified atom stereocenters. The fraction of sp³-hybridized carbons (Fsp3) is 0.150. The number of aryl methyl sites for hydroxylation is 1. The summed E-state index contributed by atoms with van der Waals surface area (Å²) in [5, 5.41) is 20.4. The molecule has 3 aromatic rings. The number of hydrogen-bond donors (Lipinski definition) is 3. The van der Waals surface area contributed by atoms with Gasteiger partial charge in [0.05, 0.1) is 29.0 Å². The lowest BCUT2D eigenvalue weighted by atomic mass is 10.1. The van der Waals surface area contributed by atoms with Crippen LogP contribution in [0.4, 0.5) is 14.5 Å². The zero-order valence-electron chi connectivity index (χ0n) is 16.9. The summed E-state index contributed by atoms with van der Waals surface area (Å²) in [6.45, 7) is 1.52. The highest BCUT2D eigenvalue weighted by molar-refractivity contribution is 6.32. The minimum atomic E-state index is -2.95. The standard InChI is InChI=1S/C20H16Cl2F2N6O3/c1-10-7-11(21)8-12(19(31)26-5-6-27-33)16(10)28-20(32)15-9-14(17(23)24)29-30(15)18-13(22)3-2-4-25-18/h2-4,6-9,17,33H,5H2,1H3,(H,26,31)(H,28,32)/b27-6+. The van der Waals surface area contributed by atoms with E-state index in [-0.39, 0.29) is 39.4 Å². The van der Waals surface area contributed by atoms with Crippen LogP contribution < -0.4 is 10.6 Å². The molecular weight excluding hydrogens is 481 g/mol. The molecular formula is C20H16Cl2F2N6O3. The molecule has 0 saturated carbocycles. The second-order valence-corrected chi connectivity index (χ2v) is 7.43. The number of hydrogen-bond acceptors (Lipinski definition) is 6. The first-order valence-electron chi connectivity index (χ1n) is 9.27. The summed E-state index contributed by atoms with van der Waals surface area (Å²) in [5.41, 5.74) is -0.389. The van der Waals surface area contributed by atoms with E-state index in [1.54, 1.807) is 6.92 Å². The average molecular weight is 497 g/mol. The maximum absolute atomic E-state index is 13.3. The van der Waals surface area contributed by atoms with E-state index in [0.29, 0.717) is 5.56 Å². The summed E-state index contributed by atoms with van der Waals surface area (Å²) >= 11 is 12.2. The number of anilines is 1. The second kappa shape index (κ2) is 10.4. The van der Waals surface area contributed by atoms with Crippen LogP contribution in [-0.2, 0) is 0 Å². The number of nitrogens with zero attached hydrogens (tertiary/aromatic N) is 4. The van der Waals surface area contributed by atoms with Crippen LogP contribution in [0.1, 0.15) is 38.5 Å². The van der Waals surface area contributed by atoms with Gasteiger partial charge in [-0.3, -0.25) is 9.59 Å². The van der Waals surface area contributed by atoms with Crippen LogP contribution in [0.15, 0.2) is 41.7 Å².